The minimum atomic E-state index is -0.324. The van der Waals surface area contributed by atoms with E-state index in [1.54, 1.807) is 17.0 Å². The van der Waals surface area contributed by atoms with Gasteiger partial charge in [0.1, 0.15) is 6.04 Å². The lowest BCUT2D eigenvalue weighted by Gasteiger charge is -2.24. The van der Waals surface area contributed by atoms with Crippen LogP contribution in [-0.2, 0) is 4.79 Å². The first-order valence-electron chi connectivity index (χ1n) is 6.76. The first-order valence-corrected chi connectivity index (χ1v) is 6.76. The summed E-state index contributed by atoms with van der Waals surface area (Å²) in [6, 6.07) is 8.91. The minimum Gasteiger partial charge on any atom is -0.352 e. The minimum absolute atomic E-state index is 0.0446. The Morgan fingerprint density at radius 3 is 2.58 bits per heavy atom. The zero-order valence-corrected chi connectivity index (χ0v) is 11.4. The Labute approximate surface area is 113 Å². The quantitative estimate of drug-likeness (QED) is 0.901. The zero-order valence-electron chi connectivity index (χ0n) is 11.4. The molecule has 19 heavy (non-hydrogen) atoms. The molecule has 4 nitrogen and oxygen atoms in total. The SMILES string of the molecule is CC(C)NC(=O)C1CCCN1C(=O)c1ccccc1. The number of hydrogen-bond acceptors (Lipinski definition) is 2. The maximum absolute atomic E-state index is 12.4. The number of benzene rings is 1. The molecule has 0 aromatic heterocycles. The first kappa shape index (κ1) is 13.6. The fraction of sp³-hybridized carbons (Fsp3) is 0.467. The highest BCUT2D eigenvalue weighted by atomic mass is 16.2. The molecule has 0 bridgehead atoms. The molecule has 1 heterocycles. The van der Waals surface area contributed by atoms with Crippen LogP contribution in [0.4, 0.5) is 0 Å². The monoisotopic (exact) mass is 260 g/mol. The molecule has 2 rings (SSSR count). The van der Waals surface area contributed by atoms with Crippen molar-refractivity contribution < 1.29 is 9.59 Å². The van der Waals surface area contributed by atoms with Gasteiger partial charge in [0, 0.05) is 18.2 Å². The van der Waals surface area contributed by atoms with Gasteiger partial charge in [0.15, 0.2) is 0 Å². The molecule has 1 atom stereocenters. The molecule has 1 aromatic carbocycles. The van der Waals surface area contributed by atoms with Gasteiger partial charge in [0.25, 0.3) is 5.91 Å². The van der Waals surface area contributed by atoms with Gasteiger partial charge >= 0.3 is 0 Å². The average molecular weight is 260 g/mol. The van der Waals surface area contributed by atoms with Crippen LogP contribution >= 0.6 is 0 Å². The first-order chi connectivity index (χ1) is 9.09. The fourth-order valence-electron chi connectivity index (χ4n) is 2.41. The lowest BCUT2D eigenvalue weighted by molar-refractivity contribution is -0.125. The van der Waals surface area contributed by atoms with Crippen molar-refractivity contribution in [2.45, 2.75) is 38.8 Å². The maximum atomic E-state index is 12.4. The van der Waals surface area contributed by atoms with E-state index in [1.807, 2.05) is 32.0 Å². The molecule has 0 radical (unpaired) electrons. The summed E-state index contributed by atoms with van der Waals surface area (Å²) in [7, 11) is 0. The highest BCUT2D eigenvalue weighted by Crippen LogP contribution is 2.20. The summed E-state index contributed by atoms with van der Waals surface area (Å²) in [4.78, 5) is 26.2. The van der Waals surface area contributed by atoms with Crippen molar-refractivity contribution >= 4 is 11.8 Å². The molecule has 0 spiro atoms. The summed E-state index contributed by atoms with van der Waals surface area (Å²) in [6.45, 7) is 4.51. The van der Waals surface area contributed by atoms with Gasteiger partial charge in [-0.2, -0.15) is 0 Å². The maximum Gasteiger partial charge on any atom is 0.254 e. The molecule has 1 aliphatic heterocycles. The third kappa shape index (κ3) is 3.13. The van der Waals surface area contributed by atoms with Crippen LogP contribution in [0, 0.1) is 0 Å². The number of nitrogens with zero attached hydrogens (tertiary/aromatic N) is 1. The van der Waals surface area contributed by atoms with Crippen LogP contribution in [0.3, 0.4) is 0 Å². The normalized spacial score (nSPS) is 18.7. The van der Waals surface area contributed by atoms with Gasteiger partial charge in [0.2, 0.25) is 5.91 Å². The zero-order chi connectivity index (χ0) is 13.8. The molecule has 2 amide bonds. The number of amides is 2. The summed E-state index contributed by atoms with van der Waals surface area (Å²) in [5.74, 6) is -0.0983. The Hall–Kier alpha value is -1.84. The van der Waals surface area contributed by atoms with Gasteiger partial charge in [0.05, 0.1) is 0 Å². The highest BCUT2D eigenvalue weighted by Gasteiger charge is 2.34. The summed E-state index contributed by atoms with van der Waals surface area (Å²) < 4.78 is 0. The highest BCUT2D eigenvalue weighted by molar-refractivity contribution is 5.97. The van der Waals surface area contributed by atoms with Crippen LogP contribution in [0.5, 0.6) is 0 Å². The smallest absolute Gasteiger partial charge is 0.254 e. The number of carbonyl (C=O) groups is 2. The van der Waals surface area contributed by atoms with Crippen molar-refractivity contribution in [3.63, 3.8) is 0 Å². The van der Waals surface area contributed by atoms with Crippen LogP contribution in [-0.4, -0.2) is 35.3 Å². The molecule has 1 saturated heterocycles. The molecule has 1 fully saturated rings. The third-order valence-corrected chi connectivity index (χ3v) is 3.27. The summed E-state index contributed by atoms with van der Waals surface area (Å²) >= 11 is 0. The predicted molar refractivity (Wildman–Crippen MR) is 73.8 cm³/mol. The Kier molecular flexibility index (Phi) is 4.20. The van der Waals surface area contributed by atoms with Gasteiger partial charge in [-0.25, -0.2) is 0 Å². The Morgan fingerprint density at radius 1 is 1.26 bits per heavy atom. The van der Waals surface area contributed by atoms with Crippen LogP contribution < -0.4 is 5.32 Å². The summed E-state index contributed by atoms with van der Waals surface area (Å²) in [5.41, 5.74) is 0.645. The Bertz CT molecular complexity index is 456. The summed E-state index contributed by atoms with van der Waals surface area (Å²) in [6.07, 6.45) is 1.63. The Balaban J connectivity index is 2.11. The van der Waals surface area contributed by atoms with Crippen molar-refractivity contribution in [1.82, 2.24) is 10.2 Å². The van der Waals surface area contributed by atoms with Gasteiger partial charge in [-0.05, 0) is 38.8 Å². The van der Waals surface area contributed by atoms with E-state index >= 15 is 0 Å². The van der Waals surface area contributed by atoms with Crippen LogP contribution in [0.15, 0.2) is 30.3 Å². The van der Waals surface area contributed by atoms with E-state index in [9.17, 15) is 9.59 Å². The molecule has 1 aliphatic rings. The lowest BCUT2D eigenvalue weighted by atomic mass is 10.1. The fourth-order valence-corrected chi connectivity index (χ4v) is 2.41. The number of rotatable bonds is 3. The summed E-state index contributed by atoms with van der Waals surface area (Å²) in [5, 5.41) is 2.89. The third-order valence-electron chi connectivity index (χ3n) is 3.27. The van der Waals surface area contributed by atoms with E-state index in [0.29, 0.717) is 12.1 Å². The van der Waals surface area contributed by atoms with Crippen molar-refractivity contribution in [3.8, 4) is 0 Å². The van der Waals surface area contributed by atoms with E-state index in [4.69, 9.17) is 0 Å². The second-order valence-electron chi connectivity index (χ2n) is 5.19. The molecule has 0 aliphatic carbocycles. The molecule has 4 heteroatoms. The number of likely N-dealkylation sites (tertiary alicyclic amines) is 1. The van der Waals surface area contributed by atoms with Gasteiger partial charge in [-0.15, -0.1) is 0 Å². The van der Waals surface area contributed by atoms with E-state index < -0.39 is 0 Å². The van der Waals surface area contributed by atoms with Crippen molar-refractivity contribution in [3.05, 3.63) is 35.9 Å². The van der Waals surface area contributed by atoms with Crippen LogP contribution in [0.2, 0.25) is 0 Å². The predicted octanol–water partition coefficient (Wildman–Crippen LogP) is 1.82. The second kappa shape index (κ2) is 5.87. The van der Waals surface area contributed by atoms with Crippen LogP contribution in [0.25, 0.3) is 0 Å². The van der Waals surface area contributed by atoms with Gasteiger partial charge < -0.3 is 10.2 Å². The standard InChI is InChI=1S/C15H20N2O2/c1-11(2)16-14(18)13-9-6-10-17(13)15(19)12-7-4-3-5-8-12/h3-5,7-8,11,13H,6,9-10H2,1-2H3,(H,16,18). The largest absolute Gasteiger partial charge is 0.352 e. The van der Waals surface area contributed by atoms with Crippen LogP contribution in [0.1, 0.15) is 37.0 Å². The van der Waals surface area contributed by atoms with Gasteiger partial charge in [-0.1, -0.05) is 18.2 Å². The van der Waals surface area contributed by atoms with Gasteiger partial charge in [-0.3, -0.25) is 9.59 Å². The van der Waals surface area contributed by atoms with Crippen molar-refractivity contribution in [2.75, 3.05) is 6.54 Å². The number of hydrogen-bond donors (Lipinski definition) is 1. The van der Waals surface area contributed by atoms with E-state index in [0.717, 1.165) is 12.8 Å². The van der Waals surface area contributed by atoms with E-state index in [1.165, 1.54) is 0 Å². The number of nitrogens with one attached hydrogen (secondary N) is 1. The number of carbonyl (C=O) groups excluding carboxylic acids is 2. The molecule has 1 aromatic rings. The van der Waals surface area contributed by atoms with E-state index in [-0.39, 0.29) is 23.9 Å². The van der Waals surface area contributed by atoms with Crippen molar-refractivity contribution in [1.29, 1.82) is 0 Å². The average Bonchev–Trinajstić information content (AvgIpc) is 2.87. The molecule has 1 unspecified atom stereocenters. The molecular formula is C15H20N2O2. The van der Waals surface area contributed by atoms with Crippen molar-refractivity contribution in [2.24, 2.45) is 0 Å². The molecule has 102 valence electrons. The molecule has 1 N–H and O–H groups in total. The molecule has 0 saturated carbocycles. The lowest BCUT2D eigenvalue weighted by Crippen LogP contribution is -2.47. The molecular weight excluding hydrogens is 240 g/mol. The second-order valence-corrected chi connectivity index (χ2v) is 5.19. The van der Waals surface area contributed by atoms with E-state index in [2.05, 4.69) is 5.32 Å². The topological polar surface area (TPSA) is 49.4 Å². The Morgan fingerprint density at radius 2 is 1.95 bits per heavy atom.